The van der Waals surface area contributed by atoms with E-state index in [-0.39, 0.29) is 40.4 Å². The molecule has 0 heterocycles. The second kappa shape index (κ2) is 5.24. The minimum absolute atomic E-state index is 0. The molecule has 0 aliphatic rings. The molecule has 0 aromatic heterocycles. The van der Waals surface area contributed by atoms with E-state index < -0.39 is 10.8 Å². The van der Waals surface area contributed by atoms with Crippen molar-refractivity contribution >= 4 is 11.6 Å². The van der Waals surface area contributed by atoms with Crippen molar-refractivity contribution in [2.75, 3.05) is 0 Å². The molecule has 0 N–H and O–H groups in total. The van der Waals surface area contributed by atoms with Gasteiger partial charge in [-0.2, -0.15) is 0 Å². The van der Waals surface area contributed by atoms with Gasteiger partial charge in [-0.15, -0.1) is 5.41 Å². The Labute approximate surface area is 102 Å². The summed E-state index contributed by atoms with van der Waals surface area (Å²) in [5, 5.41) is 0. The van der Waals surface area contributed by atoms with E-state index in [2.05, 4.69) is 6.92 Å². The molecule has 81 valence electrons. The van der Waals surface area contributed by atoms with Gasteiger partial charge in [-0.05, 0) is 0 Å². The largest absolute Gasteiger partial charge is 0.331 e. The predicted molar refractivity (Wildman–Crippen MR) is 53.2 cm³/mol. The van der Waals surface area contributed by atoms with Gasteiger partial charge in [-0.3, -0.25) is 4.79 Å². The Bertz CT molecular complexity index is 194. The summed E-state index contributed by atoms with van der Waals surface area (Å²) in [5.74, 6) is -0.110. The van der Waals surface area contributed by atoms with Crippen molar-refractivity contribution < 1.29 is 32.0 Å². The van der Waals surface area contributed by atoms with Crippen LogP contribution in [0, 0.1) is 17.8 Å². The Balaban J connectivity index is 0. The molecule has 0 saturated carbocycles. The van der Waals surface area contributed by atoms with Crippen LogP contribution in [0.25, 0.3) is 0 Å². The molecule has 3 heteroatoms. The number of carbonyl (C=O) groups excluding carboxylic acids is 2. The fraction of sp³-hybridized carbons (Fsp3) is 0.727. The Morgan fingerprint density at radius 3 is 1.57 bits per heavy atom. The van der Waals surface area contributed by atoms with E-state index in [4.69, 9.17) is 0 Å². The van der Waals surface area contributed by atoms with E-state index in [9.17, 15) is 9.59 Å². The van der Waals surface area contributed by atoms with Gasteiger partial charge in [0.2, 0.25) is 0 Å². The zero-order chi connectivity index (χ0) is 10.9. The predicted octanol–water partition coefficient (Wildman–Crippen LogP) is 2.42. The van der Waals surface area contributed by atoms with Gasteiger partial charge in [0, 0.05) is 27.8 Å². The average molecular weight is 364 g/mol. The summed E-state index contributed by atoms with van der Waals surface area (Å²) in [6.45, 7) is 12.6. The Morgan fingerprint density at radius 2 is 1.36 bits per heavy atom. The third-order valence-corrected chi connectivity index (χ3v) is 1.91. The zero-order valence-electron chi connectivity index (χ0n) is 9.68. The maximum absolute atomic E-state index is 11.5. The first-order valence-corrected chi connectivity index (χ1v) is 4.47. The van der Waals surface area contributed by atoms with Gasteiger partial charge in [-0.1, -0.05) is 34.6 Å². The molecule has 0 bridgehead atoms. The summed E-state index contributed by atoms with van der Waals surface area (Å²) in [5.41, 5.74) is -1.08. The SMILES string of the molecule is [CH2-]C(C)(C)C(=O)CC(=O)C(C)(C)C.[Ta]. The summed E-state index contributed by atoms with van der Waals surface area (Å²) in [7, 11) is 0. The van der Waals surface area contributed by atoms with Crippen molar-refractivity contribution in [1.29, 1.82) is 0 Å². The van der Waals surface area contributed by atoms with Crippen LogP contribution in [-0.4, -0.2) is 11.6 Å². The maximum Gasteiger partial charge on any atom is 0.145 e. The van der Waals surface area contributed by atoms with E-state index in [1.54, 1.807) is 13.8 Å². The van der Waals surface area contributed by atoms with Gasteiger partial charge in [0.25, 0.3) is 0 Å². The van der Waals surface area contributed by atoms with Gasteiger partial charge in [-0.25, -0.2) is 0 Å². The average Bonchev–Trinajstić information content (AvgIpc) is 1.82. The second-order valence-corrected chi connectivity index (χ2v) is 5.16. The Morgan fingerprint density at radius 1 is 1.00 bits per heavy atom. The Kier molecular flexibility index (Phi) is 6.18. The molecule has 0 saturated heterocycles. The molecule has 0 atom stereocenters. The molecule has 0 aromatic carbocycles. The van der Waals surface area contributed by atoms with E-state index in [1.807, 2.05) is 20.8 Å². The number of carbonyl (C=O) groups is 2. The molecule has 0 unspecified atom stereocenters. The van der Waals surface area contributed by atoms with Crippen molar-refractivity contribution in [1.82, 2.24) is 0 Å². The minimum atomic E-state index is -0.652. The molecule has 0 spiro atoms. The van der Waals surface area contributed by atoms with Crippen molar-refractivity contribution in [3.05, 3.63) is 6.92 Å². The standard InChI is InChI=1S/C11H19O2.Ta/c1-10(2,3)8(12)7-9(13)11(4,5)6;/h1,7H2,2-6H3;/q-1;. The molecule has 0 fully saturated rings. The molecule has 14 heavy (non-hydrogen) atoms. The second-order valence-electron chi connectivity index (χ2n) is 5.16. The molecule has 0 amide bonds. The quantitative estimate of drug-likeness (QED) is 0.570. The minimum Gasteiger partial charge on any atom is -0.331 e. The third-order valence-electron chi connectivity index (χ3n) is 1.91. The first-order chi connectivity index (χ1) is 5.55. The number of hydrogen-bond acceptors (Lipinski definition) is 2. The summed E-state index contributed by atoms with van der Waals surface area (Å²) < 4.78 is 0. The van der Waals surface area contributed by atoms with Gasteiger partial charge in [0.1, 0.15) is 11.6 Å². The summed E-state index contributed by atoms with van der Waals surface area (Å²) in [6.07, 6.45) is -0.000000000000000222. The van der Waals surface area contributed by atoms with Gasteiger partial charge < -0.3 is 11.7 Å². The number of ketones is 2. The van der Waals surface area contributed by atoms with E-state index >= 15 is 0 Å². The van der Waals surface area contributed by atoms with Crippen molar-refractivity contribution in [2.24, 2.45) is 10.8 Å². The fourth-order valence-electron chi connectivity index (χ4n) is 0.650. The molecule has 0 aromatic rings. The number of rotatable bonds is 3. The van der Waals surface area contributed by atoms with Gasteiger partial charge >= 0.3 is 0 Å². The van der Waals surface area contributed by atoms with E-state index in [0.717, 1.165) is 0 Å². The van der Waals surface area contributed by atoms with Crippen LogP contribution in [0.3, 0.4) is 0 Å². The summed E-state index contributed by atoms with van der Waals surface area (Å²) >= 11 is 0. The molecule has 0 aliphatic heterocycles. The topological polar surface area (TPSA) is 34.1 Å². The maximum atomic E-state index is 11.5. The number of Topliss-reactive ketones (excluding diaryl/α,β-unsaturated/α-hetero) is 2. The van der Waals surface area contributed by atoms with Crippen molar-refractivity contribution in [3.63, 3.8) is 0 Å². The van der Waals surface area contributed by atoms with Crippen LogP contribution in [0.2, 0.25) is 0 Å². The van der Waals surface area contributed by atoms with Crippen LogP contribution in [0.4, 0.5) is 0 Å². The molecule has 2 nitrogen and oxygen atoms in total. The molecular formula is C11H19O2Ta-. The third kappa shape index (κ3) is 5.74. The van der Waals surface area contributed by atoms with E-state index in [1.165, 1.54) is 0 Å². The van der Waals surface area contributed by atoms with E-state index in [0.29, 0.717) is 0 Å². The Hall–Kier alpha value is 0.0803. The monoisotopic (exact) mass is 364 g/mol. The van der Waals surface area contributed by atoms with Crippen molar-refractivity contribution in [2.45, 2.75) is 41.0 Å². The first-order valence-electron chi connectivity index (χ1n) is 4.47. The fourth-order valence-corrected chi connectivity index (χ4v) is 0.650. The van der Waals surface area contributed by atoms with Gasteiger partial charge in [0.05, 0.1) is 6.42 Å². The van der Waals surface area contributed by atoms with Crippen LogP contribution >= 0.6 is 0 Å². The summed E-state index contributed by atoms with van der Waals surface area (Å²) in [4.78, 5) is 22.9. The first kappa shape index (κ1) is 16.5. The van der Waals surface area contributed by atoms with Crippen LogP contribution in [0.5, 0.6) is 0 Å². The summed E-state index contributed by atoms with van der Waals surface area (Å²) in [6, 6.07) is 0. The zero-order valence-corrected chi connectivity index (χ0v) is 12.9. The molecule has 0 rings (SSSR count). The smallest absolute Gasteiger partial charge is 0.145 e. The molecule has 0 aliphatic carbocycles. The van der Waals surface area contributed by atoms with Crippen molar-refractivity contribution in [3.8, 4) is 0 Å². The van der Waals surface area contributed by atoms with Crippen LogP contribution in [0.1, 0.15) is 41.0 Å². The van der Waals surface area contributed by atoms with Crippen LogP contribution in [0.15, 0.2) is 0 Å². The van der Waals surface area contributed by atoms with Crippen LogP contribution < -0.4 is 0 Å². The molecular weight excluding hydrogens is 345 g/mol. The van der Waals surface area contributed by atoms with Crippen LogP contribution in [-0.2, 0) is 32.0 Å². The normalized spacial score (nSPS) is 11.9. The van der Waals surface area contributed by atoms with Gasteiger partial charge in [0.15, 0.2) is 0 Å². The molecule has 1 radical (unpaired) electrons. The number of hydrogen-bond donors (Lipinski definition) is 0.